The van der Waals surface area contributed by atoms with Gasteiger partial charge in [0.05, 0.1) is 23.4 Å². The lowest BCUT2D eigenvalue weighted by molar-refractivity contribution is -0.138. The van der Waals surface area contributed by atoms with Crippen LogP contribution in [0.4, 0.5) is 15.8 Å². The number of nitrogens with zero attached hydrogens (tertiary/aromatic N) is 1. The molecule has 0 aliphatic carbocycles. The fourth-order valence-corrected chi connectivity index (χ4v) is 4.87. The highest BCUT2D eigenvalue weighted by Gasteiger charge is 2.39. The number of carbonyl (C=O) groups is 3. The third kappa shape index (κ3) is 5.49. The molecule has 38 heavy (non-hydrogen) atoms. The molecule has 1 aliphatic heterocycles. The first-order chi connectivity index (χ1) is 18.4. The van der Waals surface area contributed by atoms with Crippen molar-refractivity contribution in [2.45, 2.75) is 11.4 Å². The van der Waals surface area contributed by atoms with Crippen molar-refractivity contribution in [3.8, 4) is 0 Å². The molecule has 1 aliphatic rings. The van der Waals surface area contributed by atoms with Gasteiger partial charge in [-0.25, -0.2) is 4.39 Å². The Morgan fingerprint density at radius 2 is 1.61 bits per heavy atom. The van der Waals surface area contributed by atoms with Gasteiger partial charge in [-0.15, -0.1) is 0 Å². The van der Waals surface area contributed by atoms with Gasteiger partial charge in [-0.05, 0) is 72.8 Å². The maximum atomic E-state index is 13.4. The minimum atomic E-state index is -0.526. The van der Waals surface area contributed by atoms with Gasteiger partial charge in [-0.1, -0.05) is 35.5 Å². The largest absolute Gasteiger partial charge is 0.467 e. The fourth-order valence-electron chi connectivity index (χ4n) is 3.71. The van der Waals surface area contributed by atoms with Gasteiger partial charge in [0.25, 0.3) is 17.7 Å². The van der Waals surface area contributed by atoms with Gasteiger partial charge in [0, 0.05) is 16.3 Å². The van der Waals surface area contributed by atoms with E-state index in [9.17, 15) is 18.8 Å². The van der Waals surface area contributed by atoms with E-state index < -0.39 is 17.6 Å². The van der Waals surface area contributed by atoms with E-state index >= 15 is 0 Å². The van der Waals surface area contributed by atoms with Gasteiger partial charge in [0.2, 0.25) is 0 Å². The number of benzene rings is 3. The Balaban J connectivity index is 1.37. The predicted octanol–water partition coefficient (Wildman–Crippen LogP) is 6.31. The molecule has 0 saturated carbocycles. The van der Waals surface area contributed by atoms with Gasteiger partial charge in [-0.3, -0.25) is 19.3 Å². The van der Waals surface area contributed by atoms with Crippen LogP contribution >= 0.6 is 23.4 Å². The number of carbonyl (C=O) groups excluding carboxylic acids is 3. The highest BCUT2D eigenvalue weighted by atomic mass is 35.5. The summed E-state index contributed by atoms with van der Waals surface area (Å²) in [6.07, 6.45) is 1.47. The molecule has 5 rings (SSSR count). The number of hydrogen-bond donors (Lipinski definition) is 2. The number of thioether (sulfide) groups is 1. The molecule has 2 heterocycles. The summed E-state index contributed by atoms with van der Waals surface area (Å²) in [5, 5.41) is 6.10. The quantitative estimate of drug-likeness (QED) is 0.251. The molecule has 3 amide bonds. The van der Waals surface area contributed by atoms with E-state index in [0.717, 1.165) is 16.7 Å². The third-order valence-corrected chi connectivity index (χ3v) is 7.00. The summed E-state index contributed by atoms with van der Waals surface area (Å²) in [4.78, 5) is 41.0. The van der Waals surface area contributed by atoms with Crippen LogP contribution in [0.5, 0.6) is 0 Å². The van der Waals surface area contributed by atoms with Crippen molar-refractivity contribution in [2.24, 2.45) is 0 Å². The molecule has 0 saturated heterocycles. The van der Waals surface area contributed by atoms with Gasteiger partial charge in [-0.2, -0.15) is 0 Å². The average Bonchev–Trinajstić information content (AvgIpc) is 3.50. The van der Waals surface area contributed by atoms with Crippen LogP contribution in [-0.2, 0) is 16.1 Å². The molecule has 0 fully saturated rings. The predicted molar refractivity (Wildman–Crippen MR) is 143 cm³/mol. The number of furan rings is 1. The SMILES string of the molecule is O=C(Nc1ccc(SC2=C(Nc3ccc(F)cc3)C(=O)N(Cc3ccco3)C2=O)cc1)c1ccccc1Cl. The number of nitrogens with one attached hydrogen (secondary N) is 2. The molecule has 3 aromatic carbocycles. The first-order valence-electron chi connectivity index (χ1n) is 11.4. The molecule has 0 spiro atoms. The Hall–Kier alpha value is -4.34. The van der Waals surface area contributed by atoms with Gasteiger partial charge in [0.1, 0.15) is 22.2 Å². The maximum Gasteiger partial charge on any atom is 0.278 e. The highest BCUT2D eigenvalue weighted by Crippen LogP contribution is 2.37. The minimum Gasteiger partial charge on any atom is -0.467 e. The normalized spacial score (nSPS) is 13.3. The minimum absolute atomic E-state index is 0.0314. The monoisotopic (exact) mass is 547 g/mol. The fraction of sp³-hybridized carbons (Fsp3) is 0.0357. The van der Waals surface area contributed by atoms with Crippen LogP contribution in [0.3, 0.4) is 0 Å². The number of hydrogen-bond acceptors (Lipinski definition) is 6. The standard InChI is InChI=1S/C28H19ClFN3O4S/c29-23-6-2-1-5-22(23)26(34)32-19-11-13-21(14-12-19)38-25-24(31-18-9-7-17(30)8-10-18)27(35)33(28(25)36)16-20-4-3-15-37-20/h1-15,31H,16H2,(H,32,34). The summed E-state index contributed by atoms with van der Waals surface area (Å²) in [5.41, 5.74) is 1.42. The molecule has 190 valence electrons. The topological polar surface area (TPSA) is 91.7 Å². The van der Waals surface area contributed by atoms with Gasteiger partial charge >= 0.3 is 0 Å². The molecular weight excluding hydrogens is 529 g/mol. The van der Waals surface area contributed by atoms with Crippen LogP contribution in [0, 0.1) is 5.82 Å². The molecule has 4 aromatic rings. The Kier molecular flexibility index (Phi) is 7.30. The van der Waals surface area contributed by atoms with Crippen molar-refractivity contribution in [2.75, 3.05) is 10.6 Å². The van der Waals surface area contributed by atoms with Crippen LogP contribution in [0.15, 0.2) is 111 Å². The molecule has 10 heteroatoms. The lowest BCUT2D eigenvalue weighted by Crippen LogP contribution is -2.31. The van der Waals surface area contributed by atoms with Crippen molar-refractivity contribution in [1.29, 1.82) is 0 Å². The van der Waals surface area contributed by atoms with Crippen LogP contribution in [-0.4, -0.2) is 22.6 Å². The smallest absolute Gasteiger partial charge is 0.278 e. The lowest BCUT2D eigenvalue weighted by atomic mass is 10.2. The molecule has 2 N–H and O–H groups in total. The van der Waals surface area contributed by atoms with E-state index in [-0.39, 0.29) is 23.1 Å². The zero-order chi connectivity index (χ0) is 26.6. The number of imide groups is 1. The summed E-state index contributed by atoms with van der Waals surface area (Å²) in [6.45, 7) is -0.0314. The van der Waals surface area contributed by atoms with Crippen LogP contribution in [0.25, 0.3) is 0 Å². The first kappa shape index (κ1) is 25.3. The Morgan fingerprint density at radius 1 is 0.895 bits per heavy atom. The summed E-state index contributed by atoms with van der Waals surface area (Å²) in [7, 11) is 0. The summed E-state index contributed by atoms with van der Waals surface area (Å²) in [6, 6.07) is 22.4. The molecule has 1 aromatic heterocycles. The van der Waals surface area contributed by atoms with E-state index in [4.69, 9.17) is 16.0 Å². The summed E-state index contributed by atoms with van der Waals surface area (Å²) < 4.78 is 18.7. The summed E-state index contributed by atoms with van der Waals surface area (Å²) in [5.74, 6) is -1.33. The molecule has 0 bridgehead atoms. The van der Waals surface area contributed by atoms with E-state index in [1.807, 2.05) is 0 Å². The van der Waals surface area contributed by atoms with E-state index in [2.05, 4.69) is 10.6 Å². The van der Waals surface area contributed by atoms with Crippen molar-refractivity contribution in [3.05, 3.63) is 124 Å². The molecule has 7 nitrogen and oxygen atoms in total. The summed E-state index contributed by atoms with van der Waals surface area (Å²) >= 11 is 7.21. The zero-order valence-corrected chi connectivity index (χ0v) is 21.2. The second-order valence-electron chi connectivity index (χ2n) is 8.17. The van der Waals surface area contributed by atoms with Crippen molar-refractivity contribution < 1.29 is 23.2 Å². The van der Waals surface area contributed by atoms with Crippen LogP contribution < -0.4 is 10.6 Å². The van der Waals surface area contributed by atoms with Gasteiger partial charge in [0.15, 0.2) is 0 Å². The molecular formula is C28H19ClFN3O4S. The maximum absolute atomic E-state index is 13.4. The van der Waals surface area contributed by atoms with E-state index in [1.54, 1.807) is 60.7 Å². The highest BCUT2D eigenvalue weighted by molar-refractivity contribution is 8.04. The second kappa shape index (κ2) is 11.0. The van der Waals surface area contributed by atoms with Crippen molar-refractivity contribution in [3.63, 3.8) is 0 Å². The number of rotatable bonds is 8. The van der Waals surface area contributed by atoms with Crippen LogP contribution in [0.1, 0.15) is 16.1 Å². The Bertz CT molecular complexity index is 1540. The molecule has 0 unspecified atom stereocenters. The Morgan fingerprint density at radius 3 is 2.29 bits per heavy atom. The van der Waals surface area contributed by atoms with Crippen LogP contribution in [0.2, 0.25) is 5.02 Å². The average molecular weight is 548 g/mol. The zero-order valence-electron chi connectivity index (χ0n) is 19.6. The molecule has 0 radical (unpaired) electrons. The third-order valence-electron chi connectivity index (χ3n) is 5.58. The molecule has 0 atom stereocenters. The van der Waals surface area contributed by atoms with E-state index in [1.165, 1.54) is 30.5 Å². The number of amides is 3. The van der Waals surface area contributed by atoms with Gasteiger partial charge < -0.3 is 15.1 Å². The number of halogens is 2. The van der Waals surface area contributed by atoms with Crippen molar-refractivity contribution in [1.82, 2.24) is 4.90 Å². The lowest BCUT2D eigenvalue weighted by Gasteiger charge is -2.13. The number of anilines is 2. The van der Waals surface area contributed by atoms with E-state index in [0.29, 0.717) is 32.6 Å². The first-order valence-corrected chi connectivity index (χ1v) is 12.6. The second-order valence-corrected chi connectivity index (χ2v) is 9.66. The van der Waals surface area contributed by atoms with Crippen molar-refractivity contribution >= 4 is 52.5 Å². The Labute approximate surface area is 226 Å².